The normalized spacial score (nSPS) is 13.1. The molecule has 0 spiro atoms. The molecule has 0 radical (unpaired) electrons. The number of hydrogen-bond donors (Lipinski definition) is 2. The molecule has 2 aromatic carbocycles. The van der Waals surface area contributed by atoms with E-state index in [9.17, 15) is 9.59 Å². The van der Waals surface area contributed by atoms with E-state index in [-0.39, 0.29) is 5.75 Å². The van der Waals surface area contributed by atoms with Crippen LogP contribution in [-0.4, -0.2) is 32.5 Å². The maximum atomic E-state index is 12.1. The summed E-state index contributed by atoms with van der Waals surface area (Å²) < 4.78 is 1.85. The summed E-state index contributed by atoms with van der Waals surface area (Å²) in [5.41, 5.74) is 1.58. The van der Waals surface area contributed by atoms with Gasteiger partial charge in [0.25, 0.3) is 0 Å². The van der Waals surface area contributed by atoms with Gasteiger partial charge in [0, 0.05) is 11.6 Å². The number of thioether (sulfide) groups is 1. The number of aromatic nitrogens is 3. The molecule has 1 heterocycles. The highest BCUT2D eigenvalue weighted by Gasteiger charge is 2.30. The fourth-order valence-electron chi connectivity index (χ4n) is 2.71. The van der Waals surface area contributed by atoms with Gasteiger partial charge in [0.1, 0.15) is 5.82 Å². The Balaban J connectivity index is 1.36. The lowest BCUT2D eigenvalue weighted by Gasteiger charge is -2.05. The second-order valence-corrected chi connectivity index (χ2v) is 7.37. The van der Waals surface area contributed by atoms with Gasteiger partial charge in [-0.1, -0.05) is 48.2 Å². The first-order valence-electron chi connectivity index (χ1n) is 9.00. The van der Waals surface area contributed by atoms with Gasteiger partial charge in [0.05, 0.1) is 11.4 Å². The Bertz CT molecular complexity index is 971. The molecule has 1 aromatic heterocycles. The molecular formula is C20H19N5O2S. The molecule has 0 aliphatic heterocycles. The van der Waals surface area contributed by atoms with Crippen molar-refractivity contribution in [2.24, 2.45) is 0 Å². The quantitative estimate of drug-likeness (QED) is 0.625. The Morgan fingerprint density at radius 2 is 1.71 bits per heavy atom. The molecule has 4 rings (SSSR count). The maximum absolute atomic E-state index is 12.1. The number of para-hydroxylation sites is 2. The summed E-state index contributed by atoms with van der Waals surface area (Å²) in [4.78, 5) is 28.6. The summed E-state index contributed by atoms with van der Waals surface area (Å²) in [5, 5.41) is 10.0. The summed E-state index contributed by atoms with van der Waals surface area (Å²) in [6.45, 7) is 0. The summed E-state index contributed by atoms with van der Waals surface area (Å²) in [7, 11) is 0. The predicted octanol–water partition coefficient (Wildman–Crippen LogP) is 3.59. The zero-order chi connectivity index (χ0) is 19.3. The van der Waals surface area contributed by atoms with Crippen molar-refractivity contribution < 1.29 is 9.59 Å². The number of anilines is 1. The van der Waals surface area contributed by atoms with Gasteiger partial charge in [-0.25, -0.2) is 14.5 Å². The number of nitrogens with one attached hydrogen (secondary N) is 2. The first-order chi connectivity index (χ1) is 13.7. The molecule has 1 fully saturated rings. The standard InChI is InChI=1S/C20H19N5O2S/c26-17(22-19(27)21-15-7-3-1-4-8-15)13-28-20-23-18(14-11-12-14)25(24-20)16-9-5-2-6-10-16/h1-10,14H,11-13H2,(H2,21,22,26,27). The van der Waals surface area contributed by atoms with E-state index in [1.54, 1.807) is 24.3 Å². The molecule has 0 bridgehead atoms. The number of rotatable bonds is 6. The second-order valence-electron chi connectivity index (χ2n) is 6.43. The highest BCUT2D eigenvalue weighted by molar-refractivity contribution is 7.99. The first kappa shape index (κ1) is 18.2. The third-order valence-corrected chi connectivity index (χ3v) is 5.01. The van der Waals surface area contributed by atoms with Crippen LogP contribution in [0.4, 0.5) is 10.5 Å². The van der Waals surface area contributed by atoms with Crippen LogP contribution >= 0.6 is 11.8 Å². The molecule has 0 atom stereocenters. The van der Waals surface area contributed by atoms with Crippen LogP contribution in [-0.2, 0) is 4.79 Å². The van der Waals surface area contributed by atoms with Crippen molar-refractivity contribution in [3.05, 3.63) is 66.5 Å². The van der Waals surface area contributed by atoms with E-state index >= 15 is 0 Å². The van der Waals surface area contributed by atoms with Gasteiger partial charge in [-0.2, -0.15) is 0 Å². The molecule has 1 saturated carbocycles. The fourth-order valence-corrected chi connectivity index (χ4v) is 3.34. The molecule has 3 amide bonds. The average Bonchev–Trinajstić information content (AvgIpc) is 3.47. The number of hydrogen-bond acceptors (Lipinski definition) is 5. The Morgan fingerprint density at radius 1 is 1.04 bits per heavy atom. The smallest absolute Gasteiger partial charge is 0.308 e. The third-order valence-electron chi connectivity index (χ3n) is 4.17. The Hall–Kier alpha value is -3.13. The number of amides is 3. The molecule has 1 aliphatic rings. The van der Waals surface area contributed by atoms with Crippen molar-refractivity contribution in [1.82, 2.24) is 20.1 Å². The minimum absolute atomic E-state index is 0.0606. The molecule has 142 valence electrons. The largest absolute Gasteiger partial charge is 0.325 e. The number of benzene rings is 2. The van der Waals surface area contributed by atoms with E-state index in [0.29, 0.717) is 16.8 Å². The summed E-state index contributed by atoms with van der Waals surface area (Å²) in [5.74, 6) is 1.01. The van der Waals surface area contributed by atoms with Crippen LogP contribution < -0.4 is 10.6 Å². The van der Waals surface area contributed by atoms with E-state index in [1.165, 1.54) is 11.8 Å². The van der Waals surface area contributed by atoms with E-state index in [2.05, 4.69) is 20.7 Å². The fraction of sp³-hybridized carbons (Fsp3) is 0.200. The highest BCUT2D eigenvalue weighted by atomic mass is 32.2. The SMILES string of the molecule is O=C(CSc1nc(C2CC2)n(-c2ccccc2)n1)NC(=O)Nc1ccccc1. The van der Waals surface area contributed by atoms with Gasteiger partial charge < -0.3 is 5.32 Å². The van der Waals surface area contributed by atoms with Crippen molar-refractivity contribution in [3.8, 4) is 5.69 Å². The zero-order valence-corrected chi connectivity index (χ0v) is 15.9. The maximum Gasteiger partial charge on any atom is 0.325 e. The third kappa shape index (κ3) is 4.58. The summed E-state index contributed by atoms with van der Waals surface area (Å²) in [6, 6.07) is 18.2. The van der Waals surface area contributed by atoms with Crippen molar-refractivity contribution >= 4 is 29.4 Å². The average molecular weight is 393 g/mol. The lowest BCUT2D eigenvalue weighted by molar-refractivity contribution is -0.117. The van der Waals surface area contributed by atoms with Crippen molar-refractivity contribution in [3.63, 3.8) is 0 Å². The van der Waals surface area contributed by atoms with Gasteiger partial charge in [-0.3, -0.25) is 10.1 Å². The topological polar surface area (TPSA) is 88.9 Å². The molecule has 2 N–H and O–H groups in total. The van der Waals surface area contributed by atoms with Crippen molar-refractivity contribution in [2.45, 2.75) is 23.9 Å². The van der Waals surface area contributed by atoms with Gasteiger partial charge >= 0.3 is 6.03 Å². The molecule has 0 unspecified atom stereocenters. The molecule has 1 aliphatic carbocycles. The number of carbonyl (C=O) groups excluding carboxylic acids is 2. The van der Waals surface area contributed by atoms with Crippen LogP contribution in [0.15, 0.2) is 65.8 Å². The van der Waals surface area contributed by atoms with Crippen LogP contribution in [0, 0.1) is 0 Å². The molecule has 8 heteroatoms. The number of imide groups is 1. The molecule has 7 nitrogen and oxygen atoms in total. The van der Waals surface area contributed by atoms with Crippen LogP contribution in [0.3, 0.4) is 0 Å². The number of urea groups is 1. The van der Waals surface area contributed by atoms with Gasteiger partial charge in [-0.05, 0) is 37.1 Å². The summed E-state index contributed by atoms with van der Waals surface area (Å²) >= 11 is 1.22. The minimum Gasteiger partial charge on any atom is -0.308 e. The van der Waals surface area contributed by atoms with Gasteiger partial charge in [0.15, 0.2) is 0 Å². The molecular weight excluding hydrogens is 374 g/mol. The molecule has 0 saturated heterocycles. The van der Waals surface area contributed by atoms with Gasteiger partial charge in [0.2, 0.25) is 11.1 Å². The molecule has 3 aromatic rings. The van der Waals surface area contributed by atoms with E-state index < -0.39 is 11.9 Å². The molecule has 28 heavy (non-hydrogen) atoms. The monoisotopic (exact) mass is 393 g/mol. The van der Waals surface area contributed by atoms with Gasteiger partial charge in [-0.15, -0.1) is 5.10 Å². The highest BCUT2D eigenvalue weighted by Crippen LogP contribution is 2.40. The summed E-state index contributed by atoms with van der Waals surface area (Å²) in [6.07, 6.45) is 2.21. The van der Waals surface area contributed by atoms with Crippen LogP contribution in [0.25, 0.3) is 5.69 Å². The van der Waals surface area contributed by atoms with Crippen LogP contribution in [0.2, 0.25) is 0 Å². The van der Waals surface area contributed by atoms with E-state index in [0.717, 1.165) is 24.4 Å². The van der Waals surface area contributed by atoms with Crippen LogP contribution in [0.5, 0.6) is 0 Å². The van der Waals surface area contributed by atoms with Crippen LogP contribution in [0.1, 0.15) is 24.6 Å². The first-order valence-corrected chi connectivity index (χ1v) is 9.98. The second kappa shape index (κ2) is 8.26. The van der Waals surface area contributed by atoms with E-state index in [4.69, 9.17) is 0 Å². The Labute approximate surface area is 166 Å². The number of nitrogens with zero attached hydrogens (tertiary/aromatic N) is 3. The zero-order valence-electron chi connectivity index (χ0n) is 15.0. The number of carbonyl (C=O) groups is 2. The van der Waals surface area contributed by atoms with Crippen molar-refractivity contribution in [1.29, 1.82) is 0 Å². The Kier molecular flexibility index (Phi) is 5.38. The Morgan fingerprint density at radius 3 is 2.39 bits per heavy atom. The minimum atomic E-state index is -0.557. The predicted molar refractivity (Wildman–Crippen MR) is 108 cm³/mol. The van der Waals surface area contributed by atoms with Crippen molar-refractivity contribution in [2.75, 3.05) is 11.1 Å². The van der Waals surface area contributed by atoms with E-state index in [1.807, 2.05) is 41.1 Å². The lowest BCUT2D eigenvalue weighted by Crippen LogP contribution is -2.35. The lowest BCUT2D eigenvalue weighted by atomic mass is 10.3.